The third kappa shape index (κ3) is 3.25. The lowest BCUT2D eigenvalue weighted by molar-refractivity contribution is 0.102. The van der Waals surface area contributed by atoms with E-state index in [1.54, 1.807) is 24.3 Å². The predicted molar refractivity (Wildman–Crippen MR) is 83.3 cm³/mol. The molecule has 94 valence electrons. The molecule has 3 nitrogen and oxygen atoms in total. The van der Waals surface area contributed by atoms with E-state index in [1.165, 1.54) is 6.07 Å². The number of rotatable bonds is 2. The topological polar surface area (TPSA) is 52.9 Å². The second-order valence-electron chi connectivity index (χ2n) is 3.74. The van der Waals surface area contributed by atoms with Crippen molar-refractivity contribution in [1.29, 1.82) is 5.26 Å². The van der Waals surface area contributed by atoms with Crippen LogP contribution in [0.4, 0.5) is 5.69 Å². The van der Waals surface area contributed by atoms with Crippen molar-refractivity contribution in [3.05, 3.63) is 62.2 Å². The second-order valence-corrected chi connectivity index (χ2v) is 5.31. The van der Waals surface area contributed by atoms with Gasteiger partial charge in [-0.1, -0.05) is 23.7 Å². The van der Waals surface area contributed by atoms with Gasteiger partial charge in [0.15, 0.2) is 0 Å². The van der Waals surface area contributed by atoms with Crippen LogP contribution in [0.5, 0.6) is 0 Å². The standard InChI is InChI=1S/C14H8ClIN2O/c15-11-7-9(8-17)5-6-13(11)18-14(19)10-3-1-2-4-12(10)16/h1-7H,(H,18,19). The van der Waals surface area contributed by atoms with Crippen LogP contribution in [0.15, 0.2) is 42.5 Å². The van der Waals surface area contributed by atoms with E-state index in [-0.39, 0.29) is 5.91 Å². The number of nitriles is 1. The molecule has 0 aliphatic heterocycles. The molecule has 1 amide bonds. The van der Waals surface area contributed by atoms with E-state index in [1.807, 2.05) is 18.2 Å². The maximum Gasteiger partial charge on any atom is 0.256 e. The first-order valence-electron chi connectivity index (χ1n) is 5.37. The third-order valence-corrected chi connectivity index (χ3v) is 3.72. The van der Waals surface area contributed by atoms with Gasteiger partial charge in [0.2, 0.25) is 0 Å². The molecule has 1 N–H and O–H groups in total. The molecule has 2 aromatic rings. The van der Waals surface area contributed by atoms with Crippen molar-refractivity contribution in [2.75, 3.05) is 5.32 Å². The van der Waals surface area contributed by atoms with Crippen molar-refractivity contribution >= 4 is 45.8 Å². The molecular formula is C14H8ClIN2O. The molecule has 0 bridgehead atoms. The molecular weight excluding hydrogens is 375 g/mol. The van der Waals surface area contributed by atoms with Crippen molar-refractivity contribution in [2.24, 2.45) is 0 Å². The summed E-state index contributed by atoms with van der Waals surface area (Å²) in [6, 6.07) is 14.0. The van der Waals surface area contributed by atoms with Crippen LogP contribution in [0, 0.1) is 14.9 Å². The SMILES string of the molecule is N#Cc1ccc(NC(=O)c2ccccc2I)c(Cl)c1. The Morgan fingerprint density at radius 1 is 1.26 bits per heavy atom. The number of carbonyl (C=O) groups excluding carboxylic acids is 1. The number of anilines is 1. The van der Waals surface area contributed by atoms with Crippen LogP contribution >= 0.6 is 34.2 Å². The van der Waals surface area contributed by atoms with Gasteiger partial charge in [0, 0.05) is 3.57 Å². The van der Waals surface area contributed by atoms with Crippen molar-refractivity contribution in [1.82, 2.24) is 0 Å². The highest BCUT2D eigenvalue weighted by Crippen LogP contribution is 2.24. The third-order valence-electron chi connectivity index (χ3n) is 2.46. The Kier molecular flexibility index (Phi) is 4.40. The van der Waals surface area contributed by atoms with Crippen LogP contribution in [0.25, 0.3) is 0 Å². The summed E-state index contributed by atoms with van der Waals surface area (Å²) in [5.74, 6) is -0.225. The average molecular weight is 383 g/mol. The molecule has 0 fully saturated rings. The Hall–Kier alpha value is -1.58. The van der Waals surface area contributed by atoms with Gasteiger partial charge in [0.05, 0.1) is 27.9 Å². The zero-order chi connectivity index (χ0) is 13.8. The molecule has 2 rings (SSSR count). The lowest BCUT2D eigenvalue weighted by atomic mass is 10.2. The molecule has 0 aromatic heterocycles. The van der Waals surface area contributed by atoms with Gasteiger partial charge >= 0.3 is 0 Å². The van der Waals surface area contributed by atoms with Gasteiger partial charge in [-0.2, -0.15) is 5.26 Å². The van der Waals surface area contributed by atoms with E-state index < -0.39 is 0 Å². The van der Waals surface area contributed by atoms with E-state index in [2.05, 4.69) is 27.9 Å². The quantitative estimate of drug-likeness (QED) is 0.796. The second kappa shape index (κ2) is 6.04. The van der Waals surface area contributed by atoms with Crippen LogP contribution in [-0.2, 0) is 0 Å². The Morgan fingerprint density at radius 3 is 2.63 bits per heavy atom. The first-order valence-corrected chi connectivity index (χ1v) is 6.83. The molecule has 0 saturated carbocycles. The number of nitrogens with zero attached hydrogens (tertiary/aromatic N) is 1. The minimum Gasteiger partial charge on any atom is -0.321 e. The number of nitrogens with one attached hydrogen (secondary N) is 1. The van der Waals surface area contributed by atoms with Gasteiger partial charge in [-0.05, 0) is 52.9 Å². The number of benzene rings is 2. The van der Waals surface area contributed by atoms with Gasteiger partial charge in [-0.3, -0.25) is 4.79 Å². The highest BCUT2D eigenvalue weighted by atomic mass is 127. The highest BCUT2D eigenvalue weighted by Gasteiger charge is 2.11. The Bertz CT molecular complexity index is 679. The molecule has 19 heavy (non-hydrogen) atoms. The lowest BCUT2D eigenvalue weighted by Crippen LogP contribution is -2.13. The summed E-state index contributed by atoms with van der Waals surface area (Å²) in [5.41, 5.74) is 1.53. The number of carbonyl (C=O) groups is 1. The summed E-state index contributed by atoms with van der Waals surface area (Å²) in [7, 11) is 0. The molecule has 0 heterocycles. The largest absolute Gasteiger partial charge is 0.321 e. The Morgan fingerprint density at radius 2 is 2.00 bits per heavy atom. The minimum atomic E-state index is -0.225. The summed E-state index contributed by atoms with van der Waals surface area (Å²) < 4.78 is 0.863. The fourth-order valence-corrected chi connectivity index (χ4v) is 2.38. The molecule has 5 heteroatoms. The molecule has 0 unspecified atom stereocenters. The Balaban J connectivity index is 2.25. The molecule has 0 saturated heterocycles. The first kappa shape index (κ1) is 13.8. The smallest absolute Gasteiger partial charge is 0.256 e. The number of amides is 1. The van der Waals surface area contributed by atoms with Gasteiger partial charge < -0.3 is 5.32 Å². The molecule has 0 atom stereocenters. The van der Waals surface area contributed by atoms with E-state index in [0.717, 1.165) is 3.57 Å². The number of hydrogen-bond acceptors (Lipinski definition) is 2. The lowest BCUT2D eigenvalue weighted by Gasteiger charge is -2.08. The van der Waals surface area contributed by atoms with E-state index in [0.29, 0.717) is 21.8 Å². The van der Waals surface area contributed by atoms with Crippen LogP contribution in [0.1, 0.15) is 15.9 Å². The fraction of sp³-hybridized carbons (Fsp3) is 0. The zero-order valence-corrected chi connectivity index (χ0v) is 12.6. The van der Waals surface area contributed by atoms with Crippen LogP contribution in [0.2, 0.25) is 5.02 Å². The molecule has 0 aliphatic carbocycles. The van der Waals surface area contributed by atoms with Crippen LogP contribution in [0.3, 0.4) is 0 Å². The van der Waals surface area contributed by atoms with E-state index in [4.69, 9.17) is 16.9 Å². The predicted octanol–water partition coefficient (Wildman–Crippen LogP) is 4.07. The average Bonchev–Trinajstić information content (AvgIpc) is 2.41. The molecule has 2 aromatic carbocycles. The van der Waals surface area contributed by atoms with Crippen LogP contribution in [-0.4, -0.2) is 5.91 Å². The molecule has 0 radical (unpaired) electrons. The summed E-state index contributed by atoms with van der Waals surface area (Å²) in [6.45, 7) is 0. The summed E-state index contributed by atoms with van der Waals surface area (Å²) in [6.07, 6.45) is 0. The number of halogens is 2. The van der Waals surface area contributed by atoms with E-state index in [9.17, 15) is 4.79 Å². The summed E-state index contributed by atoms with van der Waals surface area (Å²) >= 11 is 8.11. The van der Waals surface area contributed by atoms with Gasteiger partial charge in [-0.25, -0.2) is 0 Å². The molecule has 0 spiro atoms. The zero-order valence-electron chi connectivity index (χ0n) is 9.65. The number of hydrogen-bond donors (Lipinski definition) is 1. The fourth-order valence-electron chi connectivity index (χ4n) is 1.52. The summed E-state index contributed by atoms with van der Waals surface area (Å²) in [4.78, 5) is 12.1. The summed E-state index contributed by atoms with van der Waals surface area (Å²) in [5, 5.41) is 11.8. The van der Waals surface area contributed by atoms with Gasteiger partial charge in [0.25, 0.3) is 5.91 Å². The highest BCUT2D eigenvalue weighted by molar-refractivity contribution is 14.1. The van der Waals surface area contributed by atoms with Crippen molar-refractivity contribution in [2.45, 2.75) is 0 Å². The maximum atomic E-state index is 12.1. The normalized spacial score (nSPS) is 9.74. The van der Waals surface area contributed by atoms with Crippen LogP contribution < -0.4 is 5.32 Å². The van der Waals surface area contributed by atoms with E-state index >= 15 is 0 Å². The maximum absolute atomic E-state index is 12.1. The van der Waals surface area contributed by atoms with Gasteiger partial charge in [-0.15, -0.1) is 0 Å². The first-order chi connectivity index (χ1) is 9.11. The minimum absolute atomic E-state index is 0.225. The van der Waals surface area contributed by atoms with Crippen molar-refractivity contribution in [3.63, 3.8) is 0 Å². The van der Waals surface area contributed by atoms with Crippen molar-refractivity contribution < 1.29 is 4.79 Å². The molecule has 0 aliphatic rings. The van der Waals surface area contributed by atoms with Crippen molar-refractivity contribution in [3.8, 4) is 6.07 Å². The van der Waals surface area contributed by atoms with Gasteiger partial charge in [0.1, 0.15) is 0 Å². The monoisotopic (exact) mass is 382 g/mol. The Labute approximate surface area is 129 Å².